The molecular formula is C23H24F3N7O. The lowest BCUT2D eigenvalue weighted by Gasteiger charge is -2.40. The van der Waals surface area contributed by atoms with Crippen LogP contribution in [-0.4, -0.2) is 51.8 Å². The number of nitrogens with zero attached hydrogens (tertiary/aromatic N) is 4. The first kappa shape index (κ1) is 22.2. The van der Waals surface area contributed by atoms with E-state index in [-0.39, 0.29) is 12.1 Å². The third-order valence-corrected chi connectivity index (χ3v) is 6.27. The molecule has 0 saturated carbocycles. The van der Waals surface area contributed by atoms with Crippen LogP contribution in [0.5, 0.6) is 0 Å². The number of hydrogen-bond donors (Lipinski definition) is 3. The Morgan fingerprint density at radius 2 is 2.00 bits per heavy atom. The van der Waals surface area contributed by atoms with E-state index in [1.165, 1.54) is 6.07 Å². The van der Waals surface area contributed by atoms with Gasteiger partial charge in [0.1, 0.15) is 5.82 Å². The summed E-state index contributed by atoms with van der Waals surface area (Å²) in [5.41, 5.74) is 4.04. The Hall–Kier alpha value is -3.60. The first-order valence-corrected chi connectivity index (χ1v) is 11.0. The van der Waals surface area contributed by atoms with E-state index in [2.05, 4.69) is 30.7 Å². The lowest BCUT2D eigenvalue weighted by molar-refractivity contribution is -0.137. The van der Waals surface area contributed by atoms with Crippen LogP contribution in [0.3, 0.4) is 0 Å². The molecule has 2 amide bonds. The number of carbonyl (C=O) groups excluding carboxylic acids is 1. The van der Waals surface area contributed by atoms with E-state index in [0.717, 1.165) is 53.4 Å². The summed E-state index contributed by atoms with van der Waals surface area (Å²) in [5.74, 6) is 0.555. The zero-order valence-electron chi connectivity index (χ0n) is 18.5. The van der Waals surface area contributed by atoms with E-state index in [9.17, 15) is 18.0 Å². The van der Waals surface area contributed by atoms with Crippen LogP contribution in [-0.2, 0) is 19.3 Å². The first-order valence-electron chi connectivity index (χ1n) is 11.0. The number of aromatic amines is 1. The molecule has 34 heavy (non-hydrogen) atoms. The van der Waals surface area contributed by atoms with Crippen molar-refractivity contribution in [3.8, 4) is 11.3 Å². The van der Waals surface area contributed by atoms with Gasteiger partial charge in [0.05, 0.1) is 17.5 Å². The van der Waals surface area contributed by atoms with Crippen LogP contribution in [0, 0.1) is 0 Å². The van der Waals surface area contributed by atoms with Crippen molar-refractivity contribution in [1.29, 1.82) is 0 Å². The van der Waals surface area contributed by atoms with E-state index >= 15 is 0 Å². The standard InChI is InChI=1S/C23H24F3N7O/c1-14-12-32(6-7-33(14)20-5-3-18(11-27-20)23(24,25)26)13-17-10-29-31-21(17)15-2-4-19-16(8-15)9-28-22(34)30-19/h2-5,8,10-11,14H,6-7,9,12-13H2,1H3,(H,29,31)(H2,28,30,34)/t14-/m0/s1. The molecule has 11 heteroatoms. The van der Waals surface area contributed by atoms with E-state index < -0.39 is 11.7 Å². The number of anilines is 2. The number of fused-ring (bicyclic) bond motifs is 1. The number of urea groups is 1. The molecule has 3 aromatic rings. The van der Waals surface area contributed by atoms with Crippen molar-refractivity contribution in [2.24, 2.45) is 0 Å². The SMILES string of the molecule is C[C@H]1CN(Cc2cn[nH]c2-c2ccc3c(c2)CNC(=O)N3)CCN1c1ccc(C(F)(F)F)cn1. The number of nitrogens with one attached hydrogen (secondary N) is 3. The third kappa shape index (κ3) is 4.43. The van der Waals surface area contributed by atoms with Gasteiger partial charge < -0.3 is 15.5 Å². The highest BCUT2D eigenvalue weighted by Crippen LogP contribution is 2.31. The summed E-state index contributed by atoms with van der Waals surface area (Å²) in [6.07, 6.45) is -1.67. The minimum atomic E-state index is -4.39. The van der Waals surface area contributed by atoms with E-state index in [0.29, 0.717) is 25.5 Å². The minimum absolute atomic E-state index is 0.0896. The van der Waals surface area contributed by atoms with Gasteiger partial charge in [0.15, 0.2) is 0 Å². The zero-order valence-corrected chi connectivity index (χ0v) is 18.5. The molecule has 2 aliphatic heterocycles. The second-order valence-corrected chi connectivity index (χ2v) is 8.63. The minimum Gasteiger partial charge on any atom is -0.351 e. The Morgan fingerprint density at radius 3 is 2.74 bits per heavy atom. The van der Waals surface area contributed by atoms with Gasteiger partial charge in [-0.05, 0) is 36.8 Å². The van der Waals surface area contributed by atoms with Crippen LogP contribution in [0.25, 0.3) is 11.3 Å². The maximum absolute atomic E-state index is 12.8. The predicted octanol–water partition coefficient (Wildman–Crippen LogP) is 3.84. The monoisotopic (exact) mass is 471 g/mol. The van der Waals surface area contributed by atoms with Crippen LogP contribution in [0.15, 0.2) is 42.7 Å². The molecule has 1 atom stereocenters. The van der Waals surface area contributed by atoms with Gasteiger partial charge in [-0.25, -0.2) is 9.78 Å². The zero-order chi connectivity index (χ0) is 23.9. The summed E-state index contributed by atoms with van der Waals surface area (Å²) in [5, 5.41) is 12.9. The molecule has 2 aliphatic rings. The van der Waals surface area contributed by atoms with Crippen molar-refractivity contribution in [3.05, 3.63) is 59.4 Å². The second kappa shape index (κ2) is 8.64. The van der Waals surface area contributed by atoms with Crippen LogP contribution in [0.2, 0.25) is 0 Å². The van der Waals surface area contributed by atoms with Crippen molar-refractivity contribution in [1.82, 2.24) is 25.4 Å². The second-order valence-electron chi connectivity index (χ2n) is 8.63. The first-order chi connectivity index (χ1) is 16.3. The Labute approximate surface area is 194 Å². The van der Waals surface area contributed by atoms with Crippen molar-refractivity contribution >= 4 is 17.5 Å². The average Bonchev–Trinajstić information content (AvgIpc) is 3.26. The molecule has 178 valence electrons. The van der Waals surface area contributed by atoms with Gasteiger partial charge in [-0.15, -0.1) is 0 Å². The van der Waals surface area contributed by atoms with Gasteiger partial charge in [0.25, 0.3) is 0 Å². The Balaban J connectivity index is 1.26. The molecule has 5 rings (SSSR count). The fourth-order valence-electron chi connectivity index (χ4n) is 4.52. The summed E-state index contributed by atoms with van der Waals surface area (Å²) in [6, 6.07) is 8.30. The summed E-state index contributed by atoms with van der Waals surface area (Å²) < 4.78 is 38.5. The summed E-state index contributed by atoms with van der Waals surface area (Å²) in [7, 11) is 0. The van der Waals surface area contributed by atoms with Gasteiger partial charge in [0.2, 0.25) is 0 Å². The highest BCUT2D eigenvalue weighted by molar-refractivity contribution is 5.92. The highest BCUT2D eigenvalue weighted by Gasteiger charge is 2.32. The van der Waals surface area contributed by atoms with Crippen LogP contribution in [0.4, 0.5) is 29.5 Å². The highest BCUT2D eigenvalue weighted by atomic mass is 19.4. The number of aromatic nitrogens is 3. The van der Waals surface area contributed by atoms with E-state index in [1.54, 1.807) is 0 Å². The van der Waals surface area contributed by atoms with E-state index in [4.69, 9.17) is 0 Å². The lowest BCUT2D eigenvalue weighted by atomic mass is 10.0. The molecule has 0 aliphatic carbocycles. The molecule has 1 aromatic carbocycles. The molecule has 1 saturated heterocycles. The molecule has 8 nitrogen and oxygen atoms in total. The Morgan fingerprint density at radius 1 is 1.15 bits per heavy atom. The maximum Gasteiger partial charge on any atom is 0.417 e. The number of hydrogen-bond acceptors (Lipinski definition) is 5. The molecule has 1 fully saturated rings. The Kier molecular flexibility index (Phi) is 5.64. The molecule has 0 radical (unpaired) electrons. The molecule has 2 aromatic heterocycles. The number of alkyl halides is 3. The normalized spacial score (nSPS) is 18.9. The van der Waals surface area contributed by atoms with Gasteiger partial charge in [-0.2, -0.15) is 18.3 Å². The maximum atomic E-state index is 12.8. The number of benzene rings is 1. The van der Waals surface area contributed by atoms with Crippen molar-refractivity contribution in [2.45, 2.75) is 32.2 Å². The smallest absolute Gasteiger partial charge is 0.351 e. The summed E-state index contributed by atoms with van der Waals surface area (Å²) in [4.78, 5) is 19.9. The largest absolute Gasteiger partial charge is 0.417 e. The molecule has 0 bridgehead atoms. The van der Waals surface area contributed by atoms with E-state index in [1.807, 2.05) is 36.2 Å². The van der Waals surface area contributed by atoms with Gasteiger partial charge >= 0.3 is 12.2 Å². The van der Waals surface area contributed by atoms with Gasteiger partial charge in [-0.3, -0.25) is 10.00 Å². The quantitative estimate of drug-likeness (QED) is 0.538. The summed E-state index contributed by atoms with van der Waals surface area (Å²) >= 11 is 0. The third-order valence-electron chi connectivity index (χ3n) is 6.27. The average molecular weight is 471 g/mol. The van der Waals surface area contributed by atoms with Gasteiger partial charge in [0, 0.05) is 61.8 Å². The number of rotatable bonds is 4. The fraction of sp³-hybridized carbons (Fsp3) is 0.348. The van der Waals surface area contributed by atoms with Crippen molar-refractivity contribution in [2.75, 3.05) is 29.9 Å². The van der Waals surface area contributed by atoms with Crippen LogP contribution >= 0.6 is 0 Å². The van der Waals surface area contributed by atoms with Crippen molar-refractivity contribution < 1.29 is 18.0 Å². The molecule has 0 unspecified atom stereocenters. The number of pyridine rings is 1. The number of halogens is 3. The summed E-state index contributed by atoms with van der Waals surface area (Å²) in [6.45, 7) is 5.36. The Bertz CT molecular complexity index is 1190. The molecule has 4 heterocycles. The number of piperazine rings is 1. The predicted molar refractivity (Wildman–Crippen MR) is 121 cm³/mol. The van der Waals surface area contributed by atoms with Crippen LogP contribution in [0.1, 0.15) is 23.6 Å². The van der Waals surface area contributed by atoms with Crippen molar-refractivity contribution in [3.63, 3.8) is 0 Å². The number of amides is 2. The molecular weight excluding hydrogens is 447 g/mol. The molecule has 3 N–H and O–H groups in total. The topological polar surface area (TPSA) is 89.2 Å². The fourth-order valence-corrected chi connectivity index (χ4v) is 4.52. The molecule has 0 spiro atoms. The van der Waals surface area contributed by atoms with Gasteiger partial charge in [-0.1, -0.05) is 6.07 Å². The number of carbonyl (C=O) groups is 1. The number of H-pyrrole nitrogens is 1. The van der Waals surface area contributed by atoms with Crippen LogP contribution < -0.4 is 15.5 Å². The lowest BCUT2D eigenvalue weighted by Crippen LogP contribution is -2.51.